The van der Waals surface area contributed by atoms with Crippen LogP contribution in [0, 0.1) is 5.92 Å². The number of halogens is 1. The SMILES string of the molecule is C[C@@H](c1ccccc1)[C@@H]1CC(=O)N(c2ccc(Cl)cn2)C1=O. The molecule has 0 spiro atoms. The summed E-state index contributed by atoms with van der Waals surface area (Å²) < 4.78 is 0. The molecular weight excluding hydrogens is 300 g/mol. The van der Waals surface area contributed by atoms with Crippen LogP contribution in [0.5, 0.6) is 0 Å². The van der Waals surface area contributed by atoms with Gasteiger partial charge < -0.3 is 0 Å². The second kappa shape index (κ2) is 5.89. The Bertz CT molecular complexity index is 700. The first-order chi connectivity index (χ1) is 10.6. The molecule has 0 radical (unpaired) electrons. The summed E-state index contributed by atoms with van der Waals surface area (Å²) in [5, 5.41) is 0.469. The summed E-state index contributed by atoms with van der Waals surface area (Å²) in [5.41, 5.74) is 1.06. The number of benzene rings is 1. The third-order valence-corrected chi connectivity index (χ3v) is 4.27. The Balaban J connectivity index is 1.87. The first-order valence-corrected chi connectivity index (χ1v) is 7.49. The molecule has 2 atom stereocenters. The summed E-state index contributed by atoms with van der Waals surface area (Å²) >= 11 is 5.80. The minimum absolute atomic E-state index is 0.0186. The number of carbonyl (C=O) groups is 2. The van der Waals surface area contributed by atoms with Gasteiger partial charge in [-0.1, -0.05) is 48.9 Å². The number of amides is 2. The lowest BCUT2D eigenvalue weighted by Crippen LogP contribution is -2.32. The van der Waals surface area contributed by atoms with Crippen molar-refractivity contribution in [3.63, 3.8) is 0 Å². The number of hydrogen-bond donors (Lipinski definition) is 0. The molecule has 2 amide bonds. The lowest BCUT2D eigenvalue weighted by atomic mass is 9.86. The van der Waals surface area contributed by atoms with Crippen LogP contribution in [0.4, 0.5) is 5.82 Å². The fourth-order valence-electron chi connectivity index (χ4n) is 2.78. The highest BCUT2D eigenvalue weighted by atomic mass is 35.5. The summed E-state index contributed by atoms with van der Waals surface area (Å²) in [5.74, 6) is -0.451. The standard InChI is InChI=1S/C17H15ClN2O2/c1-11(12-5-3-2-4-6-12)14-9-16(21)20(17(14)22)15-8-7-13(18)10-19-15/h2-8,10-11,14H,9H2,1H3/t11-,14-/m0/s1. The van der Waals surface area contributed by atoms with Gasteiger partial charge in [-0.2, -0.15) is 0 Å². The molecule has 0 N–H and O–H groups in total. The van der Waals surface area contributed by atoms with Crippen molar-refractivity contribution in [1.82, 2.24) is 4.98 Å². The Kier molecular flexibility index (Phi) is 3.94. The van der Waals surface area contributed by atoms with Crippen molar-refractivity contribution in [2.75, 3.05) is 4.90 Å². The number of carbonyl (C=O) groups excluding carboxylic acids is 2. The largest absolute Gasteiger partial charge is 0.274 e. The zero-order valence-electron chi connectivity index (χ0n) is 12.1. The van der Waals surface area contributed by atoms with Crippen LogP contribution in [0.25, 0.3) is 0 Å². The summed E-state index contributed by atoms with van der Waals surface area (Å²) in [6.07, 6.45) is 1.64. The van der Waals surface area contributed by atoms with E-state index in [-0.39, 0.29) is 30.1 Å². The number of anilines is 1. The molecule has 1 fully saturated rings. The van der Waals surface area contributed by atoms with Gasteiger partial charge in [0.1, 0.15) is 5.82 Å². The highest BCUT2D eigenvalue weighted by Crippen LogP contribution is 2.35. The number of imide groups is 1. The summed E-state index contributed by atoms with van der Waals surface area (Å²) in [6.45, 7) is 1.98. The van der Waals surface area contributed by atoms with Crippen molar-refractivity contribution in [2.24, 2.45) is 5.92 Å². The summed E-state index contributed by atoms with van der Waals surface area (Å²) in [7, 11) is 0. The highest BCUT2D eigenvalue weighted by molar-refractivity contribution is 6.30. The molecule has 22 heavy (non-hydrogen) atoms. The van der Waals surface area contributed by atoms with Crippen molar-refractivity contribution in [3.8, 4) is 0 Å². The second-order valence-corrected chi connectivity index (χ2v) is 5.85. The predicted octanol–water partition coefficient (Wildman–Crippen LogP) is 3.42. The number of rotatable bonds is 3. The molecule has 1 saturated heterocycles. The fourth-order valence-corrected chi connectivity index (χ4v) is 2.89. The predicted molar refractivity (Wildman–Crippen MR) is 84.7 cm³/mol. The lowest BCUT2D eigenvalue weighted by molar-refractivity contribution is -0.122. The molecule has 3 rings (SSSR count). The topological polar surface area (TPSA) is 50.3 Å². The first-order valence-electron chi connectivity index (χ1n) is 7.11. The van der Waals surface area contributed by atoms with Crippen LogP contribution in [0.15, 0.2) is 48.7 Å². The average Bonchev–Trinajstić information content (AvgIpc) is 2.83. The molecule has 0 bridgehead atoms. The van der Waals surface area contributed by atoms with Crippen molar-refractivity contribution in [1.29, 1.82) is 0 Å². The Labute approximate surface area is 133 Å². The molecular formula is C17H15ClN2O2. The number of hydrogen-bond acceptors (Lipinski definition) is 3. The number of nitrogens with zero attached hydrogens (tertiary/aromatic N) is 2. The Morgan fingerprint density at radius 2 is 1.91 bits per heavy atom. The van der Waals surface area contributed by atoms with Crippen LogP contribution >= 0.6 is 11.6 Å². The zero-order chi connectivity index (χ0) is 15.7. The minimum Gasteiger partial charge on any atom is -0.274 e. The Morgan fingerprint density at radius 1 is 1.18 bits per heavy atom. The molecule has 0 aliphatic carbocycles. The van der Waals surface area contributed by atoms with Crippen LogP contribution in [0.1, 0.15) is 24.8 Å². The van der Waals surface area contributed by atoms with Crippen LogP contribution < -0.4 is 4.90 Å². The average molecular weight is 315 g/mol. The van der Waals surface area contributed by atoms with E-state index >= 15 is 0 Å². The fraction of sp³-hybridized carbons (Fsp3) is 0.235. The van der Waals surface area contributed by atoms with E-state index < -0.39 is 0 Å². The van der Waals surface area contributed by atoms with Gasteiger partial charge in [0.05, 0.1) is 10.9 Å². The molecule has 1 aromatic heterocycles. The smallest absolute Gasteiger partial charge is 0.239 e. The van der Waals surface area contributed by atoms with Gasteiger partial charge in [-0.25, -0.2) is 9.88 Å². The van der Waals surface area contributed by atoms with Gasteiger partial charge >= 0.3 is 0 Å². The summed E-state index contributed by atoms with van der Waals surface area (Å²) in [6, 6.07) is 13.0. The van der Waals surface area contributed by atoms with Crippen LogP contribution in [0.3, 0.4) is 0 Å². The van der Waals surface area contributed by atoms with Crippen molar-refractivity contribution in [3.05, 3.63) is 59.2 Å². The van der Waals surface area contributed by atoms with Crippen molar-refractivity contribution in [2.45, 2.75) is 19.3 Å². The Hall–Kier alpha value is -2.20. The van der Waals surface area contributed by atoms with E-state index in [2.05, 4.69) is 4.98 Å². The van der Waals surface area contributed by atoms with Gasteiger partial charge in [0.25, 0.3) is 0 Å². The van der Waals surface area contributed by atoms with Crippen LogP contribution in [-0.2, 0) is 9.59 Å². The maximum Gasteiger partial charge on any atom is 0.239 e. The van der Waals surface area contributed by atoms with E-state index in [0.29, 0.717) is 10.8 Å². The Morgan fingerprint density at radius 3 is 2.55 bits per heavy atom. The van der Waals surface area contributed by atoms with Crippen molar-refractivity contribution >= 4 is 29.2 Å². The molecule has 0 unspecified atom stereocenters. The summed E-state index contributed by atoms with van der Waals surface area (Å²) in [4.78, 5) is 30.1. The van der Waals surface area contributed by atoms with E-state index in [9.17, 15) is 9.59 Å². The maximum atomic E-state index is 12.6. The third-order valence-electron chi connectivity index (χ3n) is 4.05. The number of aromatic nitrogens is 1. The van der Waals surface area contributed by atoms with Gasteiger partial charge in [-0.3, -0.25) is 9.59 Å². The normalized spacial score (nSPS) is 19.5. The van der Waals surface area contributed by atoms with Gasteiger partial charge in [0.15, 0.2) is 0 Å². The van der Waals surface area contributed by atoms with Crippen LogP contribution in [0.2, 0.25) is 5.02 Å². The third kappa shape index (κ3) is 2.62. The van der Waals surface area contributed by atoms with E-state index in [1.807, 2.05) is 37.3 Å². The van der Waals surface area contributed by atoms with E-state index in [1.54, 1.807) is 12.1 Å². The molecule has 1 aliphatic heterocycles. The first kappa shape index (κ1) is 14.7. The molecule has 2 aromatic rings. The zero-order valence-corrected chi connectivity index (χ0v) is 12.8. The monoisotopic (exact) mass is 314 g/mol. The maximum absolute atomic E-state index is 12.6. The lowest BCUT2D eigenvalue weighted by Gasteiger charge is -2.18. The van der Waals surface area contributed by atoms with Crippen LogP contribution in [-0.4, -0.2) is 16.8 Å². The van der Waals surface area contributed by atoms with E-state index in [1.165, 1.54) is 11.1 Å². The van der Waals surface area contributed by atoms with Gasteiger partial charge in [-0.15, -0.1) is 0 Å². The molecule has 1 aromatic carbocycles. The van der Waals surface area contributed by atoms with Crippen molar-refractivity contribution < 1.29 is 9.59 Å². The molecule has 1 aliphatic rings. The van der Waals surface area contributed by atoms with Gasteiger partial charge in [0, 0.05) is 12.6 Å². The second-order valence-electron chi connectivity index (χ2n) is 5.41. The number of pyridine rings is 1. The molecule has 4 nitrogen and oxygen atoms in total. The van der Waals surface area contributed by atoms with Gasteiger partial charge in [0.2, 0.25) is 11.8 Å². The quantitative estimate of drug-likeness (QED) is 0.816. The molecule has 0 saturated carbocycles. The highest BCUT2D eigenvalue weighted by Gasteiger charge is 2.43. The molecule has 5 heteroatoms. The van der Waals surface area contributed by atoms with E-state index in [0.717, 1.165) is 5.56 Å². The minimum atomic E-state index is -0.354. The van der Waals surface area contributed by atoms with Gasteiger partial charge in [-0.05, 0) is 23.6 Å². The molecule has 112 valence electrons. The van der Waals surface area contributed by atoms with E-state index in [4.69, 9.17) is 11.6 Å². The molecule has 2 heterocycles.